The standard InChI is InChI=1S/C20H16N2O4/c1-11(23)15-7-8-17-16(9-15)18(20(26)22(17)12(2)24)19(25)14-5-3-13(10-21)4-6-14/h3-9,18-19,25H,1-2H3. The van der Waals surface area contributed by atoms with Crippen molar-refractivity contribution in [3.05, 3.63) is 64.7 Å². The lowest BCUT2D eigenvalue weighted by Gasteiger charge is -2.18. The van der Waals surface area contributed by atoms with Crippen LogP contribution in [0.1, 0.15) is 52.9 Å². The number of amides is 2. The maximum atomic E-state index is 12.8. The van der Waals surface area contributed by atoms with E-state index in [-0.39, 0.29) is 5.78 Å². The summed E-state index contributed by atoms with van der Waals surface area (Å²) < 4.78 is 0. The summed E-state index contributed by atoms with van der Waals surface area (Å²) in [5, 5.41) is 19.7. The molecule has 26 heavy (non-hydrogen) atoms. The molecule has 2 unspecified atom stereocenters. The molecule has 1 N–H and O–H groups in total. The number of carbonyl (C=O) groups excluding carboxylic acids is 3. The Balaban J connectivity index is 2.10. The minimum Gasteiger partial charge on any atom is -0.387 e. The second-order valence-corrected chi connectivity index (χ2v) is 6.18. The van der Waals surface area contributed by atoms with Crippen molar-refractivity contribution in [1.29, 1.82) is 5.26 Å². The van der Waals surface area contributed by atoms with E-state index in [9.17, 15) is 19.5 Å². The van der Waals surface area contributed by atoms with Gasteiger partial charge in [-0.1, -0.05) is 12.1 Å². The normalized spacial score (nSPS) is 16.8. The predicted molar refractivity (Wildman–Crippen MR) is 93.5 cm³/mol. The zero-order chi connectivity index (χ0) is 19.0. The third-order valence-corrected chi connectivity index (χ3v) is 4.51. The van der Waals surface area contributed by atoms with E-state index in [2.05, 4.69) is 0 Å². The molecular formula is C20H16N2O4. The van der Waals surface area contributed by atoms with Gasteiger partial charge in [0.1, 0.15) is 0 Å². The molecule has 3 rings (SSSR count). The second-order valence-electron chi connectivity index (χ2n) is 6.18. The van der Waals surface area contributed by atoms with Gasteiger partial charge in [-0.2, -0.15) is 5.26 Å². The lowest BCUT2D eigenvalue weighted by Crippen LogP contribution is -2.34. The number of hydrogen-bond donors (Lipinski definition) is 1. The van der Waals surface area contributed by atoms with Crippen LogP contribution in [0, 0.1) is 11.3 Å². The third-order valence-electron chi connectivity index (χ3n) is 4.51. The van der Waals surface area contributed by atoms with E-state index in [0.717, 1.165) is 4.90 Å². The molecule has 0 saturated carbocycles. The Morgan fingerprint density at radius 2 is 1.81 bits per heavy atom. The number of aliphatic hydroxyl groups is 1. The van der Waals surface area contributed by atoms with Crippen LogP contribution in [0.25, 0.3) is 0 Å². The van der Waals surface area contributed by atoms with Gasteiger partial charge in [-0.3, -0.25) is 14.4 Å². The molecule has 0 bridgehead atoms. The van der Waals surface area contributed by atoms with Crippen LogP contribution in [0.15, 0.2) is 42.5 Å². The van der Waals surface area contributed by atoms with Crippen LogP contribution in [0.5, 0.6) is 0 Å². The smallest absolute Gasteiger partial charge is 0.244 e. The number of ketones is 1. The highest BCUT2D eigenvalue weighted by Crippen LogP contribution is 2.44. The first-order valence-corrected chi connectivity index (χ1v) is 8.02. The highest BCUT2D eigenvalue weighted by atomic mass is 16.3. The van der Waals surface area contributed by atoms with Crippen LogP contribution < -0.4 is 4.90 Å². The maximum Gasteiger partial charge on any atom is 0.244 e. The second kappa shape index (κ2) is 6.54. The summed E-state index contributed by atoms with van der Waals surface area (Å²) in [7, 11) is 0. The fourth-order valence-electron chi connectivity index (χ4n) is 3.19. The Hall–Kier alpha value is -3.30. The highest BCUT2D eigenvalue weighted by Gasteiger charge is 2.44. The van der Waals surface area contributed by atoms with Gasteiger partial charge in [0, 0.05) is 12.5 Å². The van der Waals surface area contributed by atoms with Gasteiger partial charge in [0.2, 0.25) is 11.8 Å². The molecule has 2 atom stereocenters. The van der Waals surface area contributed by atoms with E-state index >= 15 is 0 Å². The summed E-state index contributed by atoms with van der Waals surface area (Å²) >= 11 is 0. The molecule has 2 amide bonds. The van der Waals surface area contributed by atoms with Gasteiger partial charge < -0.3 is 5.11 Å². The Labute approximate surface area is 150 Å². The summed E-state index contributed by atoms with van der Waals surface area (Å²) in [6.45, 7) is 2.68. The third kappa shape index (κ3) is 2.79. The molecule has 1 aliphatic heterocycles. The Morgan fingerprint density at radius 3 is 2.35 bits per heavy atom. The Kier molecular flexibility index (Phi) is 4.41. The van der Waals surface area contributed by atoms with Crippen molar-refractivity contribution in [3.8, 4) is 6.07 Å². The molecule has 0 fully saturated rings. The van der Waals surface area contributed by atoms with Crippen molar-refractivity contribution in [2.75, 3.05) is 4.90 Å². The van der Waals surface area contributed by atoms with E-state index < -0.39 is 23.8 Å². The number of fused-ring (bicyclic) bond motifs is 1. The molecule has 130 valence electrons. The van der Waals surface area contributed by atoms with Crippen LogP contribution >= 0.6 is 0 Å². The number of imide groups is 1. The highest BCUT2D eigenvalue weighted by molar-refractivity contribution is 6.21. The van der Waals surface area contributed by atoms with Crippen molar-refractivity contribution < 1.29 is 19.5 Å². The number of Topliss-reactive ketones (excluding diaryl/α,β-unsaturated/α-hetero) is 1. The fraction of sp³-hybridized carbons (Fsp3) is 0.200. The predicted octanol–water partition coefficient (Wildman–Crippen LogP) is 2.47. The number of nitrogens with zero attached hydrogens (tertiary/aromatic N) is 2. The molecular weight excluding hydrogens is 332 g/mol. The number of carbonyl (C=O) groups is 3. The first-order valence-electron chi connectivity index (χ1n) is 8.02. The van der Waals surface area contributed by atoms with Gasteiger partial charge in [-0.05, 0) is 48.4 Å². The molecule has 1 heterocycles. The van der Waals surface area contributed by atoms with Gasteiger partial charge in [-0.25, -0.2) is 4.90 Å². The monoisotopic (exact) mass is 348 g/mol. The molecule has 0 radical (unpaired) electrons. The lowest BCUT2D eigenvalue weighted by molar-refractivity contribution is -0.127. The van der Waals surface area contributed by atoms with Crippen LogP contribution in [0.2, 0.25) is 0 Å². The topological polar surface area (TPSA) is 98.5 Å². The van der Waals surface area contributed by atoms with Crippen molar-refractivity contribution in [2.45, 2.75) is 25.9 Å². The first kappa shape index (κ1) is 17.5. The number of anilines is 1. The minimum atomic E-state index is -1.21. The van der Waals surface area contributed by atoms with E-state index in [1.165, 1.54) is 13.8 Å². The van der Waals surface area contributed by atoms with Gasteiger partial charge >= 0.3 is 0 Å². The zero-order valence-electron chi connectivity index (χ0n) is 14.3. The average Bonchev–Trinajstić information content (AvgIpc) is 2.92. The van der Waals surface area contributed by atoms with Gasteiger partial charge in [0.25, 0.3) is 0 Å². The van der Waals surface area contributed by atoms with Crippen molar-refractivity contribution in [3.63, 3.8) is 0 Å². The molecule has 0 saturated heterocycles. The van der Waals surface area contributed by atoms with Gasteiger partial charge in [-0.15, -0.1) is 0 Å². The summed E-state index contributed by atoms with van der Waals surface area (Å²) in [6, 6.07) is 12.9. The first-order chi connectivity index (χ1) is 12.3. The summed E-state index contributed by atoms with van der Waals surface area (Å²) in [5.41, 5.74) is 2.11. The molecule has 0 aliphatic carbocycles. The summed E-state index contributed by atoms with van der Waals surface area (Å²) in [4.78, 5) is 37.5. The largest absolute Gasteiger partial charge is 0.387 e. The quantitative estimate of drug-likeness (QED) is 0.859. The Morgan fingerprint density at radius 1 is 1.15 bits per heavy atom. The van der Waals surface area contributed by atoms with Crippen molar-refractivity contribution in [2.24, 2.45) is 0 Å². The van der Waals surface area contributed by atoms with E-state index in [1.54, 1.807) is 42.5 Å². The zero-order valence-corrected chi connectivity index (χ0v) is 14.3. The molecule has 6 heteroatoms. The average molecular weight is 348 g/mol. The SMILES string of the molecule is CC(=O)c1ccc2c(c1)C(C(O)c1ccc(C#N)cc1)C(=O)N2C(C)=O. The number of hydrogen-bond acceptors (Lipinski definition) is 5. The molecule has 2 aromatic carbocycles. The number of benzene rings is 2. The van der Waals surface area contributed by atoms with E-state index in [1.807, 2.05) is 6.07 Å². The fourth-order valence-corrected chi connectivity index (χ4v) is 3.19. The Bertz CT molecular complexity index is 957. The number of rotatable bonds is 3. The van der Waals surface area contributed by atoms with Crippen LogP contribution in [0.4, 0.5) is 5.69 Å². The van der Waals surface area contributed by atoms with Crippen LogP contribution in [0.3, 0.4) is 0 Å². The summed E-state index contributed by atoms with van der Waals surface area (Å²) in [5.74, 6) is -2.17. The molecule has 6 nitrogen and oxygen atoms in total. The number of nitriles is 1. The summed E-state index contributed by atoms with van der Waals surface area (Å²) in [6.07, 6.45) is -1.21. The molecule has 2 aromatic rings. The maximum absolute atomic E-state index is 12.8. The van der Waals surface area contributed by atoms with Crippen LogP contribution in [-0.4, -0.2) is 22.7 Å². The van der Waals surface area contributed by atoms with E-state index in [0.29, 0.717) is 27.9 Å². The van der Waals surface area contributed by atoms with Crippen molar-refractivity contribution >= 4 is 23.3 Å². The van der Waals surface area contributed by atoms with Gasteiger partial charge in [0.15, 0.2) is 5.78 Å². The minimum absolute atomic E-state index is 0.173. The van der Waals surface area contributed by atoms with Crippen LogP contribution in [-0.2, 0) is 9.59 Å². The van der Waals surface area contributed by atoms with Crippen molar-refractivity contribution in [1.82, 2.24) is 0 Å². The molecule has 0 aromatic heterocycles. The number of aliphatic hydroxyl groups excluding tert-OH is 1. The molecule has 1 aliphatic rings. The lowest BCUT2D eigenvalue weighted by atomic mass is 9.89. The van der Waals surface area contributed by atoms with Gasteiger partial charge in [0.05, 0.1) is 29.3 Å². The van der Waals surface area contributed by atoms with E-state index in [4.69, 9.17) is 5.26 Å². The molecule has 0 spiro atoms.